The zero-order chi connectivity index (χ0) is 22.3. The molecule has 4 aromatic rings. The van der Waals surface area contributed by atoms with Crippen LogP contribution < -0.4 is 16.2 Å². The first-order valence-corrected chi connectivity index (χ1v) is 10.6. The van der Waals surface area contributed by atoms with E-state index in [-0.39, 0.29) is 12.2 Å². The van der Waals surface area contributed by atoms with E-state index in [1.807, 2.05) is 31.5 Å². The lowest BCUT2D eigenvalue weighted by Gasteiger charge is -2.12. The Hall–Kier alpha value is -2.58. The van der Waals surface area contributed by atoms with Gasteiger partial charge < -0.3 is 25.3 Å². The van der Waals surface area contributed by atoms with Gasteiger partial charge in [0.25, 0.3) is 5.56 Å². The largest absolute Gasteiger partial charge is 0.395 e. The number of H-pyrrole nitrogens is 1. The van der Waals surface area contributed by atoms with Gasteiger partial charge in [-0.1, -0.05) is 29.3 Å². The van der Waals surface area contributed by atoms with Crippen LogP contribution in [0.1, 0.15) is 16.8 Å². The van der Waals surface area contributed by atoms with Crippen LogP contribution in [-0.2, 0) is 13.6 Å². The van der Waals surface area contributed by atoms with Gasteiger partial charge in [-0.25, -0.2) is 4.98 Å². The first-order valence-electron chi connectivity index (χ1n) is 9.87. The number of imidazole rings is 1. The molecule has 0 aliphatic carbocycles. The fourth-order valence-electron chi connectivity index (χ4n) is 3.78. The smallest absolute Gasteiger partial charge is 0.258 e. The van der Waals surface area contributed by atoms with E-state index in [0.29, 0.717) is 51.2 Å². The summed E-state index contributed by atoms with van der Waals surface area (Å²) in [7, 11) is 1.85. The molecule has 0 fully saturated rings. The molecule has 0 aliphatic rings. The zero-order valence-corrected chi connectivity index (χ0v) is 18.9. The third-order valence-corrected chi connectivity index (χ3v) is 6.15. The molecule has 0 atom stereocenters. The highest BCUT2D eigenvalue weighted by atomic mass is 35.5. The van der Waals surface area contributed by atoms with Crippen LogP contribution in [0.5, 0.6) is 0 Å². The van der Waals surface area contributed by atoms with Crippen molar-refractivity contribution in [1.29, 1.82) is 0 Å². The number of benzene rings is 2. The summed E-state index contributed by atoms with van der Waals surface area (Å²) in [6.07, 6.45) is 0. The second-order valence-corrected chi connectivity index (χ2v) is 8.29. The topological polar surface area (TPSA) is 95.0 Å². The van der Waals surface area contributed by atoms with Crippen molar-refractivity contribution in [3.05, 3.63) is 61.5 Å². The molecular weight excluding hydrogens is 437 g/mol. The van der Waals surface area contributed by atoms with E-state index in [1.165, 1.54) is 0 Å². The fourth-order valence-corrected chi connectivity index (χ4v) is 4.27. The third kappa shape index (κ3) is 3.78. The molecule has 9 heteroatoms. The zero-order valence-electron chi connectivity index (χ0n) is 17.4. The van der Waals surface area contributed by atoms with E-state index in [0.717, 1.165) is 22.2 Å². The Labute approximate surface area is 189 Å². The number of aromatic nitrogens is 3. The number of aliphatic hydroxyl groups is 1. The number of nitrogens with one attached hydrogen (secondary N) is 3. The monoisotopic (exact) mass is 459 g/mol. The molecule has 31 heavy (non-hydrogen) atoms. The van der Waals surface area contributed by atoms with Gasteiger partial charge in [-0.2, -0.15) is 0 Å². The molecule has 0 amide bonds. The van der Waals surface area contributed by atoms with E-state index >= 15 is 0 Å². The first-order chi connectivity index (χ1) is 14.8. The summed E-state index contributed by atoms with van der Waals surface area (Å²) in [5.74, 6) is 0.513. The molecule has 162 valence electrons. The SMILES string of the molecule is Cc1[nH]c(=O)c2c(cc(CNCCO)c3nc(Nc4c(Cl)cccc4Cl)n(C)c32)c1C. The third-order valence-electron chi connectivity index (χ3n) is 5.52. The van der Waals surface area contributed by atoms with Crippen molar-refractivity contribution in [2.75, 3.05) is 18.5 Å². The lowest BCUT2D eigenvalue weighted by Crippen LogP contribution is -2.18. The number of fused-ring (bicyclic) bond motifs is 3. The van der Waals surface area contributed by atoms with E-state index in [2.05, 4.69) is 15.6 Å². The molecule has 0 spiro atoms. The molecule has 0 saturated carbocycles. The summed E-state index contributed by atoms with van der Waals surface area (Å²) in [5.41, 5.74) is 4.56. The molecule has 0 aliphatic heterocycles. The molecule has 7 nitrogen and oxygen atoms in total. The first kappa shape index (κ1) is 21.6. The number of para-hydroxylation sites is 1. The van der Waals surface area contributed by atoms with E-state index in [4.69, 9.17) is 33.3 Å². The molecule has 0 unspecified atom stereocenters. The Morgan fingerprint density at radius 1 is 1.23 bits per heavy atom. The van der Waals surface area contributed by atoms with Crippen molar-refractivity contribution in [3.8, 4) is 0 Å². The average Bonchev–Trinajstić information content (AvgIpc) is 3.05. The Morgan fingerprint density at radius 3 is 2.61 bits per heavy atom. The molecule has 2 aromatic carbocycles. The highest BCUT2D eigenvalue weighted by Gasteiger charge is 2.20. The maximum atomic E-state index is 13.0. The summed E-state index contributed by atoms with van der Waals surface area (Å²) in [4.78, 5) is 20.7. The van der Waals surface area contributed by atoms with Crippen LogP contribution >= 0.6 is 23.2 Å². The van der Waals surface area contributed by atoms with Crippen molar-refractivity contribution in [1.82, 2.24) is 19.9 Å². The van der Waals surface area contributed by atoms with E-state index < -0.39 is 0 Å². The van der Waals surface area contributed by atoms with Crippen LogP contribution in [0.15, 0.2) is 29.1 Å². The van der Waals surface area contributed by atoms with Crippen molar-refractivity contribution in [2.24, 2.45) is 7.05 Å². The molecule has 0 saturated heterocycles. The number of hydrogen-bond acceptors (Lipinski definition) is 5. The second-order valence-electron chi connectivity index (χ2n) is 7.48. The number of aromatic amines is 1. The highest BCUT2D eigenvalue weighted by Crippen LogP contribution is 2.35. The van der Waals surface area contributed by atoms with Gasteiger partial charge >= 0.3 is 0 Å². The number of rotatable bonds is 6. The minimum Gasteiger partial charge on any atom is -0.395 e. The van der Waals surface area contributed by atoms with Gasteiger partial charge in [-0.3, -0.25) is 4.79 Å². The minimum absolute atomic E-state index is 0.0363. The van der Waals surface area contributed by atoms with Crippen LogP contribution in [0, 0.1) is 13.8 Å². The number of aryl methyl sites for hydroxylation is 3. The van der Waals surface area contributed by atoms with Crippen molar-refractivity contribution in [2.45, 2.75) is 20.4 Å². The highest BCUT2D eigenvalue weighted by molar-refractivity contribution is 6.39. The van der Waals surface area contributed by atoms with Gasteiger partial charge in [-0.15, -0.1) is 0 Å². The predicted molar refractivity (Wildman–Crippen MR) is 127 cm³/mol. The van der Waals surface area contributed by atoms with Gasteiger partial charge in [0.2, 0.25) is 5.95 Å². The van der Waals surface area contributed by atoms with Gasteiger partial charge in [0.15, 0.2) is 0 Å². The van der Waals surface area contributed by atoms with Gasteiger partial charge in [-0.05, 0) is 48.6 Å². The van der Waals surface area contributed by atoms with Crippen LogP contribution in [0.4, 0.5) is 11.6 Å². The van der Waals surface area contributed by atoms with Crippen molar-refractivity contribution >= 4 is 56.6 Å². The lowest BCUT2D eigenvalue weighted by molar-refractivity contribution is 0.292. The summed E-state index contributed by atoms with van der Waals surface area (Å²) < 4.78 is 1.84. The Kier molecular flexibility index (Phi) is 5.94. The molecule has 0 bridgehead atoms. The molecule has 2 aromatic heterocycles. The van der Waals surface area contributed by atoms with Crippen LogP contribution in [0.2, 0.25) is 10.0 Å². The lowest BCUT2D eigenvalue weighted by atomic mass is 10.0. The Balaban J connectivity index is 2.00. The average molecular weight is 460 g/mol. The van der Waals surface area contributed by atoms with Crippen LogP contribution in [-0.4, -0.2) is 32.8 Å². The fraction of sp³-hybridized carbons (Fsp3) is 0.273. The number of nitrogens with zero attached hydrogens (tertiary/aromatic N) is 2. The molecular formula is C22H23Cl2N5O2. The summed E-state index contributed by atoms with van der Waals surface area (Å²) in [6, 6.07) is 7.26. The number of pyridine rings is 1. The number of hydrogen-bond donors (Lipinski definition) is 4. The molecule has 4 rings (SSSR count). The van der Waals surface area contributed by atoms with E-state index in [1.54, 1.807) is 18.2 Å². The molecule has 0 radical (unpaired) electrons. The Bertz CT molecular complexity index is 1340. The van der Waals surface area contributed by atoms with Crippen molar-refractivity contribution in [3.63, 3.8) is 0 Å². The molecule has 4 N–H and O–H groups in total. The number of aliphatic hydroxyl groups excluding tert-OH is 1. The maximum Gasteiger partial charge on any atom is 0.258 e. The van der Waals surface area contributed by atoms with Crippen LogP contribution in [0.3, 0.4) is 0 Å². The van der Waals surface area contributed by atoms with Gasteiger partial charge in [0.05, 0.1) is 38.8 Å². The standard InChI is InChI=1S/C22H23Cl2N5O2/c1-11-12(2)26-21(31)17-14(11)9-13(10-25-7-8-30)18-20(17)29(3)22(27-18)28-19-15(23)5-4-6-16(19)24/h4-6,9,25,30H,7-8,10H2,1-3H3,(H,26,31)(H,27,28). The summed E-state index contributed by atoms with van der Waals surface area (Å²) >= 11 is 12.7. The maximum absolute atomic E-state index is 13.0. The second kappa shape index (κ2) is 8.51. The predicted octanol–water partition coefficient (Wildman–Crippen LogP) is 4.16. The van der Waals surface area contributed by atoms with E-state index in [9.17, 15) is 4.79 Å². The molecule has 2 heterocycles. The number of halogens is 2. The quantitative estimate of drug-likeness (QED) is 0.324. The van der Waals surface area contributed by atoms with Gasteiger partial charge in [0, 0.05) is 25.8 Å². The van der Waals surface area contributed by atoms with Crippen LogP contribution in [0.25, 0.3) is 21.8 Å². The van der Waals surface area contributed by atoms with Gasteiger partial charge in [0.1, 0.15) is 0 Å². The Morgan fingerprint density at radius 2 is 1.94 bits per heavy atom. The summed E-state index contributed by atoms with van der Waals surface area (Å²) in [6.45, 7) is 4.87. The summed E-state index contributed by atoms with van der Waals surface area (Å²) in [5, 5.41) is 18.0. The van der Waals surface area contributed by atoms with Crippen molar-refractivity contribution < 1.29 is 5.11 Å². The normalized spacial score (nSPS) is 11.5. The number of anilines is 2. The minimum atomic E-state index is -0.164.